The monoisotopic (exact) mass is 301 g/mol. The molecule has 0 amide bonds. The van der Waals surface area contributed by atoms with Gasteiger partial charge in [0, 0.05) is 18.0 Å². The SMILES string of the molecule is Cc1cc(N/N=C\c2ccncc2)c([N+](=O)[O-])cc1[N+](=O)[O-]. The van der Waals surface area contributed by atoms with Crippen LogP contribution in [0.1, 0.15) is 11.1 Å². The van der Waals surface area contributed by atoms with Crippen LogP contribution in [0.4, 0.5) is 17.1 Å². The fourth-order valence-corrected chi connectivity index (χ4v) is 1.75. The highest BCUT2D eigenvalue weighted by Gasteiger charge is 2.22. The van der Waals surface area contributed by atoms with Crippen LogP contribution in [0.2, 0.25) is 0 Å². The summed E-state index contributed by atoms with van der Waals surface area (Å²) >= 11 is 0. The van der Waals surface area contributed by atoms with Crippen LogP contribution in [0.15, 0.2) is 41.8 Å². The third-order valence-electron chi connectivity index (χ3n) is 2.81. The molecule has 22 heavy (non-hydrogen) atoms. The Kier molecular flexibility index (Phi) is 4.37. The first-order valence-corrected chi connectivity index (χ1v) is 6.11. The number of pyridine rings is 1. The van der Waals surface area contributed by atoms with E-state index in [2.05, 4.69) is 15.5 Å². The van der Waals surface area contributed by atoms with Crippen molar-refractivity contribution in [1.29, 1.82) is 0 Å². The van der Waals surface area contributed by atoms with Crippen molar-refractivity contribution >= 4 is 23.3 Å². The van der Waals surface area contributed by atoms with Crippen LogP contribution in [0.5, 0.6) is 0 Å². The lowest BCUT2D eigenvalue weighted by molar-refractivity contribution is -0.394. The molecule has 9 nitrogen and oxygen atoms in total. The number of nitrogens with one attached hydrogen (secondary N) is 1. The lowest BCUT2D eigenvalue weighted by atomic mass is 10.1. The van der Waals surface area contributed by atoms with Crippen molar-refractivity contribution in [2.45, 2.75) is 6.92 Å². The molecule has 0 spiro atoms. The molecule has 0 aliphatic carbocycles. The molecule has 9 heteroatoms. The second-order valence-electron chi connectivity index (χ2n) is 4.32. The van der Waals surface area contributed by atoms with Crippen LogP contribution in [0, 0.1) is 27.2 Å². The molecule has 2 rings (SSSR count). The molecule has 0 saturated carbocycles. The Balaban J connectivity index is 2.30. The first kappa shape index (κ1) is 15.0. The number of nitro groups is 2. The summed E-state index contributed by atoms with van der Waals surface area (Å²) in [6.07, 6.45) is 4.63. The summed E-state index contributed by atoms with van der Waals surface area (Å²) in [5.74, 6) is 0. The van der Waals surface area contributed by atoms with Crippen LogP contribution < -0.4 is 5.43 Å². The molecule has 2 aromatic rings. The van der Waals surface area contributed by atoms with Gasteiger partial charge < -0.3 is 0 Å². The number of rotatable bonds is 5. The second-order valence-corrected chi connectivity index (χ2v) is 4.32. The molecule has 0 aliphatic heterocycles. The number of hydrogen-bond acceptors (Lipinski definition) is 7. The Morgan fingerprint density at radius 1 is 1.14 bits per heavy atom. The summed E-state index contributed by atoms with van der Waals surface area (Å²) in [5, 5.41) is 25.8. The summed E-state index contributed by atoms with van der Waals surface area (Å²) in [7, 11) is 0. The predicted octanol–water partition coefficient (Wildman–Crippen LogP) is 2.65. The average molecular weight is 301 g/mol. The van der Waals surface area contributed by atoms with Crippen LogP contribution in [0.25, 0.3) is 0 Å². The van der Waals surface area contributed by atoms with Gasteiger partial charge in [-0.2, -0.15) is 5.10 Å². The minimum absolute atomic E-state index is 0.0819. The van der Waals surface area contributed by atoms with Gasteiger partial charge in [-0.3, -0.25) is 30.6 Å². The van der Waals surface area contributed by atoms with Crippen molar-refractivity contribution in [3.63, 3.8) is 0 Å². The van der Waals surface area contributed by atoms with Crippen molar-refractivity contribution in [3.05, 3.63) is 68.0 Å². The van der Waals surface area contributed by atoms with Gasteiger partial charge in [0.25, 0.3) is 5.69 Å². The highest BCUT2D eigenvalue weighted by molar-refractivity contribution is 5.80. The molecule has 0 fully saturated rings. The maximum absolute atomic E-state index is 11.0. The molecule has 1 N–H and O–H groups in total. The fourth-order valence-electron chi connectivity index (χ4n) is 1.75. The Labute approximate surface area is 124 Å². The largest absolute Gasteiger partial charge is 0.301 e. The summed E-state index contributed by atoms with van der Waals surface area (Å²) in [6.45, 7) is 1.50. The van der Waals surface area contributed by atoms with E-state index in [0.717, 1.165) is 11.6 Å². The van der Waals surface area contributed by atoms with E-state index in [1.54, 1.807) is 24.5 Å². The summed E-state index contributed by atoms with van der Waals surface area (Å²) in [5.41, 5.74) is 2.95. The van der Waals surface area contributed by atoms with E-state index in [-0.39, 0.29) is 11.4 Å². The minimum Gasteiger partial charge on any atom is -0.272 e. The van der Waals surface area contributed by atoms with Gasteiger partial charge in [-0.1, -0.05) is 0 Å². The second kappa shape index (κ2) is 6.39. The van der Waals surface area contributed by atoms with E-state index in [0.29, 0.717) is 5.56 Å². The zero-order chi connectivity index (χ0) is 16.1. The minimum atomic E-state index is -0.698. The van der Waals surface area contributed by atoms with Gasteiger partial charge >= 0.3 is 5.69 Å². The maximum atomic E-state index is 11.0. The standard InChI is InChI=1S/C13H11N5O4/c1-9-6-11(13(18(21)22)7-12(9)17(19)20)16-15-8-10-2-4-14-5-3-10/h2-8,16H,1H3/b15-8-. The van der Waals surface area contributed by atoms with Gasteiger partial charge in [-0.05, 0) is 30.7 Å². The number of anilines is 1. The maximum Gasteiger partial charge on any atom is 0.301 e. The number of nitro benzene ring substituents is 2. The van der Waals surface area contributed by atoms with Crippen LogP contribution in [-0.2, 0) is 0 Å². The molecule has 0 bridgehead atoms. The Hall–Kier alpha value is -3.36. The molecular weight excluding hydrogens is 290 g/mol. The van der Waals surface area contributed by atoms with E-state index >= 15 is 0 Å². The van der Waals surface area contributed by atoms with Crippen molar-refractivity contribution in [1.82, 2.24) is 4.98 Å². The number of aryl methyl sites for hydroxylation is 1. The van der Waals surface area contributed by atoms with Crippen molar-refractivity contribution < 1.29 is 9.85 Å². The molecular formula is C13H11N5O4. The Morgan fingerprint density at radius 2 is 1.77 bits per heavy atom. The van der Waals surface area contributed by atoms with E-state index < -0.39 is 15.5 Å². The normalized spacial score (nSPS) is 10.6. The molecule has 112 valence electrons. The Bertz CT molecular complexity index is 746. The number of benzene rings is 1. The van der Waals surface area contributed by atoms with Crippen molar-refractivity contribution in [2.75, 3.05) is 5.43 Å². The summed E-state index contributed by atoms with van der Waals surface area (Å²) in [6, 6.07) is 5.65. The molecule has 0 unspecified atom stereocenters. The van der Waals surface area contributed by atoms with Crippen LogP contribution >= 0.6 is 0 Å². The van der Waals surface area contributed by atoms with Crippen LogP contribution in [0.3, 0.4) is 0 Å². The molecule has 0 saturated heterocycles. The average Bonchev–Trinajstić information content (AvgIpc) is 2.47. The Morgan fingerprint density at radius 3 is 2.36 bits per heavy atom. The van der Waals surface area contributed by atoms with E-state index in [1.165, 1.54) is 19.2 Å². The number of hydrazone groups is 1. The van der Waals surface area contributed by atoms with Gasteiger partial charge in [0.05, 0.1) is 22.1 Å². The predicted molar refractivity (Wildman–Crippen MR) is 79.9 cm³/mol. The first-order valence-electron chi connectivity index (χ1n) is 6.11. The number of nitrogens with zero attached hydrogens (tertiary/aromatic N) is 4. The highest BCUT2D eigenvalue weighted by Crippen LogP contribution is 2.32. The molecule has 1 heterocycles. The highest BCUT2D eigenvalue weighted by atomic mass is 16.6. The van der Waals surface area contributed by atoms with E-state index in [1.807, 2.05) is 0 Å². The molecule has 1 aromatic heterocycles. The zero-order valence-corrected chi connectivity index (χ0v) is 11.5. The van der Waals surface area contributed by atoms with Gasteiger partial charge in [-0.15, -0.1) is 0 Å². The molecule has 0 radical (unpaired) electrons. The zero-order valence-electron chi connectivity index (χ0n) is 11.5. The number of aromatic nitrogens is 1. The van der Waals surface area contributed by atoms with Gasteiger partial charge in [-0.25, -0.2) is 0 Å². The van der Waals surface area contributed by atoms with Crippen molar-refractivity contribution in [2.24, 2.45) is 5.10 Å². The van der Waals surface area contributed by atoms with E-state index in [4.69, 9.17) is 0 Å². The van der Waals surface area contributed by atoms with Gasteiger partial charge in [0.1, 0.15) is 5.69 Å². The molecule has 1 aromatic carbocycles. The fraction of sp³-hybridized carbons (Fsp3) is 0.0769. The number of hydrogen-bond donors (Lipinski definition) is 1. The smallest absolute Gasteiger partial charge is 0.272 e. The molecule has 0 aliphatic rings. The van der Waals surface area contributed by atoms with Gasteiger partial charge in [0.2, 0.25) is 0 Å². The van der Waals surface area contributed by atoms with Gasteiger partial charge in [0.15, 0.2) is 0 Å². The summed E-state index contributed by atoms with van der Waals surface area (Å²) in [4.78, 5) is 24.4. The van der Waals surface area contributed by atoms with Crippen molar-refractivity contribution in [3.8, 4) is 0 Å². The molecule has 0 atom stereocenters. The van der Waals surface area contributed by atoms with Crippen LogP contribution in [-0.4, -0.2) is 21.0 Å². The quantitative estimate of drug-likeness (QED) is 0.514. The topological polar surface area (TPSA) is 124 Å². The lowest BCUT2D eigenvalue weighted by Gasteiger charge is -2.04. The van der Waals surface area contributed by atoms with E-state index in [9.17, 15) is 20.2 Å². The first-order chi connectivity index (χ1) is 10.5. The summed E-state index contributed by atoms with van der Waals surface area (Å²) < 4.78 is 0. The third kappa shape index (κ3) is 3.39. The third-order valence-corrected chi connectivity index (χ3v) is 2.81. The lowest BCUT2D eigenvalue weighted by Crippen LogP contribution is -2.00.